The normalized spacial score (nSPS) is 19.5. The monoisotopic (exact) mass is 197 g/mol. The minimum atomic E-state index is -2.84. The molecule has 0 saturated heterocycles. The molecule has 0 bridgehead atoms. The fraction of sp³-hybridized carbons (Fsp3) is 0.444. The second-order valence-corrected chi connectivity index (χ2v) is 5.62. The van der Waals surface area contributed by atoms with E-state index in [1.54, 1.807) is 6.20 Å². The number of hydrogen-bond donors (Lipinski definition) is 0. The molecule has 0 spiro atoms. The summed E-state index contributed by atoms with van der Waals surface area (Å²) in [5, 5.41) is 0. The average molecular weight is 197 g/mol. The van der Waals surface area contributed by atoms with Gasteiger partial charge in [0.15, 0.2) is 9.84 Å². The van der Waals surface area contributed by atoms with Gasteiger partial charge in [-0.2, -0.15) is 0 Å². The molecule has 13 heavy (non-hydrogen) atoms. The fourth-order valence-electron chi connectivity index (χ4n) is 1.58. The first-order valence-corrected chi connectivity index (χ1v) is 6.04. The molecule has 1 aliphatic rings. The molecule has 2 rings (SSSR count). The van der Waals surface area contributed by atoms with E-state index in [0.717, 1.165) is 16.8 Å². The van der Waals surface area contributed by atoms with Crippen molar-refractivity contribution < 1.29 is 8.42 Å². The topological polar surface area (TPSA) is 47.0 Å². The zero-order valence-electron chi connectivity index (χ0n) is 7.45. The van der Waals surface area contributed by atoms with E-state index in [9.17, 15) is 8.42 Å². The van der Waals surface area contributed by atoms with Crippen LogP contribution in [0.1, 0.15) is 16.8 Å². The summed E-state index contributed by atoms with van der Waals surface area (Å²) in [6, 6.07) is 1.87. The molecule has 0 aliphatic carbocycles. The van der Waals surface area contributed by atoms with Crippen LogP contribution in [0, 0.1) is 6.92 Å². The molecule has 1 aliphatic heterocycles. The highest BCUT2D eigenvalue weighted by atomic mass is 32.2. The molecular formula is C9H11NO2S. The van der Waals surface area contributed by atoms with Crippen molar-refractivity contribution in [3.8, 4) is 0 Å². The summed E-state index contributed by atoms with van der Waals surface area (Å²) in [5.41, 5.74) is 2.90. The maximum absolute atomic E-state index is 11.3. The lowest BCUT2D eigenvalue weighted by Gasteiger charge is -2.15. The number of pyridine rings is 1. The van der Waals surface area contributed by atoms with Crippen molar-refractivity contribution in [3.63, 3.8) is 0 Å². The van der Waals surface area contributed by atoms with Gasteiger partial charge in [0.05, 0.1) is 11.5 Å². The van der Waals surface area contributed by atoms with Gasteiger partial charge in [-0.1, -0.05) is 0 Å². The molecule has 0 unspecified atom stereocenters. The van der Waals surface area contributed by atoms with E-state index in [-0.39, 0.29) is 11.5 Å². The summed E-state index contributed by atoms with van der Waals surface area (Å²) in [6.07, 6.45) is 2.41. The van der Waals surface area contributed by atoms with Crippen molar-refractivity contribution in [2.75, 3.05) is 5.75 Å². The quantitative estimate of drug-likeness (QED) is 0.619. The van der Waals surface area contributed by atoms with E-state index in [4.69, 9.17) is 0 Å². The summed E-state index contributed by atoms with van der Waals surface area (Å²) < 4.78 is 22.6. The summed E-state index contributed by atoms with van der Waals surface area (Å²) in [6.45, 7) is 1.88. The van der Waals surface area contributed by atoms with E-state index < -0.39 is 9.84 Å². The zero-order valence-corrected chi connectivity index (χ0v) is 8.26. The lowest BCUT2D eigenvalue weighted by atomic mass is 10.1. The lowest BCUT2D eigenvalue weighted by Crippen LogP contribution is -2.19. The van der Waals surface area contributed by atoms with E-state index in [2.05, 4.69) is 4.98 Å². The van der Waals surface area contributed by atoms with Gasteiger partial charge in [-0.25, -0.2) is 8.42 Å². The molecule has 0 saturated carbocycles. The van der Waals surface area contributed by atoms with Crippen LogP contribution in [-0.4, -0.2) is 19.2 Å². The first-order chi connectivity index (χ1) is 6.07. The Hall–Kier alpha value is -0.900. The maximum atomic E-state index is 11.3. The molecule has 0 radical (unpaired) electrons. The van der Waals surface area contributed by atoms with Gasteiger partial charge in [-0.05, 0) is 30.5 Å². The Labute approximate surface area is 77.7 Å². The number of hydrogen-bond acceptors (Lipinski definition) is 3. The predicted molar refractivity (Wildman–Crippen MR) is 50.2 cm³/mol. The Morgan fingerprint density at radius 1 is 1.38 bits per heavy atom. The van der Waals surface area contributed by atoms with Crippen molar-refractivity contribution in [2.24, 2.45) is 0 Å². The SMILES string of the molecule is Cc1cc2c(cn1)CCS(=O)(=O)C2. The molecule has 0 fully saturated rings. The van der Waals surface area contributed by atoms with Gasteiger partial charge in [0.25, 0.3) is 0 Å². The Kier molecular flexibility index (Phi) is 1.87. The van der Waals surface area contributed by atoms with E-state index >= 15 is 0 Å². The van der Waals surface area contributed by atoms with Gasteiger partial charge in [0.1, 0.15) is 0 Å². The number of fused-ring (bicyclic) bond motifs is 1. The lowest BCUT2D eigenvalue weighted by molar-refractivity contribution is 0.591. The number of aryl methyl sites for hydroxylation is 2. The van der Waals surface area contributed by atoms with Crippen molar-refractivity contribution in [1.82, 2.24) is 4.98 Å². The molecular weight excluding hydrogens is 186 g/mol. The van der Waals surface area contributed by atoms with E-state index in [1.165, 1.54) is 0 Å². The Balaban J connectivity index is 2.50. The minimum Gasteiger partial charge on any atom is -0.261 e. The maximum Gasteiger partial charge on any atom is 0.154 e. The molecule has 4 heteroatoms. The van der Waals surface area contributed by atoms with Gasteiger partial charge < -0.3 is 0 Å². The van der Waals surface area contributed by atoms with Crippen LogP contribution in [0.4, 0.5) is 0 Å². The largest absolute Gasteiger partial charge is 0.261 e. The van der Waals surface area contributed by atoms with Crippen LogP contribution in [0.5, 0.6) is 0 Å². The van der Waals surface area contributed by atoms with Crippen LogP contribution >= 0.6 is 0 Å². The third-order valence-corrected chi connectivity index (χ3v) is 3.85. The second-order valence-electron chi connectivity index (χ2n) is 3.44. The van der Waals surface area contributed by atoms with E-state index in [1.807, 2.05) is 13.0 Å². The molecule has 0 atom stereocenters. The standard InChI is InChI=1S/C9H11NO2S/c1-7-4-9-6-13(11,12)3-2-8(9)5-10-7/h4-5H,2-3,6H2,1H3. The van der Waals surface area contributed by atoms with E-state index in [0.29, 0.717) is 6.42 Å². The molecule has 1 aromatic rings. The molecule has 2 heterocycles. The van der Waals surface area contributed by atoms with Crippen molar-refractivity contribution in [3.05, 3.63) is 29.1 Å². The Morgan fingerprint density at radius 2 is 2.15 bits per heavy atom. The first-order valence-electron chi connectivity index (χ1n) is 4.22. The molecule has 0 amide bonds. The average Bonchev–Trinajstić information content (AvgIpc) is 2.01. The molecule has 70 valence electrons. The van der Waals surface area contributed by atoms with Crippen molar-refractivity contribution in [1.29, 1.82) is 0 Å². The zero-order chi connectivity index (χ0) is 9.47. The summed E-state index contributed by atoms with van der Waals surface area (Å²) in [5.74, 6) is 0.455. The first kappa shape index (κ1) is 8.69. The van der Waals surface area contributed by atoms with Crippen molar-refractivity contribution >= 4 is 9.84 Å². The van der Waals surface area contributed by atoms with Crippen LogP contribution in [0.15, 0.2) is 12.3 Å². The Bertz CT molecular complexity index is 437. The highest BCUT2D eigenvalue weighted by molar-refractivity contribution is 7.90. The molecule has 1 aromatic heterocycles. The number of nitrogens with zero attached hydrogens (tertiary/aromatic N) is 1. The van der Waals surface area contributed by atoms with Gasteiger partial charge in [-0.15, -0.1) is 0 Å². The van der Waals surface area contributed by atoms with Crippen LogP contribution in [0.3, 0.4) is 0 Å². The number of sulfone groups is 1. The summed E-state index contributed by atoms with van der Waals surface area (Å²) >= 11 is 0. The second kappa shape index (κ2) is 2.80. The highest BCUT2D eigenvalue weighted by Crippen LogP contribution is 2.20. The number of rotatable bonds is 0. The summed E-state index contributed by atoms with van der Waals surface area (Å²) in [4.78, 5) is 4.15. The van der Waals surface area contributed by atoms with Crippen molar-refractivity contribution in [2.45, 2.75) is 19.1 Å². The van der Waals surface area contributed by atoms with Gasteiger partial charge >= 0.3 is 0 Å². The third kappa shape index (κ3) is 1.72. The molecule has 0 N–H and O–H groups in total. The van der Waals surface area contributed by atoms with Crippen LogP contribution < -0.4 is 0 Å². The van der Waals surface area contributed by atoms with Crippen LogP contribution in [-0.2, 0) is 22.0 Å². The smallest absolute Gasteiger partial charge is 0.154 e. The third-order valence-electron chi connectivity index (χ3n) is 2.28. The fourth-order valence-corrected chi connectivity index (χ4v) is 3.00. The van der Waals surface area contributed by atoms with Crippen LogP contribution in [0.2, 0.25) is 0 Å². The van der Waals surface area contributed by atoms with Crippen LogP contribution in [0.25, 0.3) is 0 Å². The van der Waals surface area contributed by atoms with Gasteiger partial charge in [0.2, 0.25) is 0 Å². The predicted octanol–water partition coefficient (Wildman–Crippen LogP) is 0.861. The number of aromatic nitrogens is 1. The molecule has 0 aromatic carbocycles. The molecule has 3 nitrogen and oxygen atoms in total. The highest BCUT2D eigenvalue weighted by Gasteiger charge is 2.21. The van der Waals surface area contributed by atoms with Gasteiger partial charge in [0, 0.05) is 11.9 Å². The Morgan fingerprint density at radius 3 is 2.92 bits per heavy atom. The van der Waals surface area contributed by atoms with Gasteiger partial charge in [-0.3, -0.25) is 4.98 Å². The minimum absolute atomic E-state index is 0.186. The summed E-state index contributed by atoms with van der Waals surface area (Å²) in [7, 11) is -2.84.